The van der Waals surface area contributed by atoms with E-state index in [2.05, 4.69) is 15.6 Å². The summed E-state index contributed by atoms with van der Waals surface area (Å²) in [6, 6.07) is 16.0. The molecule has 0 aliphatic rings. The largest absolute Gasteiger partial charge is 0.355 e. The third-order valence-electron chi connectivity index (χ3n) is 5.95. The quantitative estimate of drug-likeness (QED) is 0.340. The molecule has 1 atom stereocenters. The van der Waals surface area contributed by atoms with E-state index < -0.39 is 5.92 Å². The van der Waals surface area contributed by atoms with Crippen LogP contribution in [0.2, 0.25) is 0 Å². The summed E-state index contributed by atoms with van der Waals surface area (Å²) >= 11 is 0. The van der Waals surface area contributed by atoms with Crippen LogP contribution in [0, 0.1) is 11.6 Å². The lowest BCUT2D eigenvalue weighted by molar-refractivity contribution is -0.128. The Labute approximate surface area is 202 Å². The summed E-state index contributed by atoms with van der Waals surface area (Å²) in [5.41, 5.74) is 2.84. The Morgan fingerprint density at radius 3 is 2.26 bits per heavy atom. The van der Waals surface area contributed by atoms with Crippen molar-refractivity contribution in [2.75, 3.05) is 27.2 Å². The number of likely N-dealkylation sites (N-methyl/N-ethyl adjacent to an activating group) is 1. The molecular weight excluding hydrogens is 450 g/mol. The number of carbonyl (C=O) groups is 2. The zero-order chi connectivity index (χ0) is 24.9. The molecule has 2 amide bonds. The molecule has 8 heteroatoms. The van der Waals surface area contributed by atoms with Crippen LogP contribution in [0.4, 0.5) is 8.78 Å². The zero-order valence-corrected chi connectivity index (χ0v) is 19.7. The summed E-state index contributed by atoms with van der Waals surface area (Å²) in [7, 11) is 3.83. The molecule has 0 aliphatic heterocycles. The van der Waals surface area contributed by atoms with Crippen molar-refractivity contribution >= 4 is 33.6 Å². The number of hydrogen-bond acceptors (Lipinski definition) is 3. The minimum Gasteiger partial charge on any atom is -0.355 e. The molecule has 6 nitrogen and oxygen atoms in total. The van der Waals surface area contributed by atoms with Gasteiger partial charge in [0.25, 0.3) is 0 Å². The number of aromatic nitrogens is 1. The van der Waals surface area contributed by atoms with Crippen molar-refractivity contribution < 1.29 is 18.4 Å². The van der Waals surface area contributed by atoms with Crippen LogP contribution >= 0.6 is 0 Å². The number of rotatable bonds is 9. The predicted molar refractivity (Wildman–Crippen MR) is 133 cm³/mol. The van der Waals surface area contributed by atoms with E-state index in [1.807, 2.05) is 37.2 Å². The number of amides is 2. The van der Waals surface area contributed by atoms with Gasteiger partial charge in [0.2, 0.25) is 11.8 Å². The Morgan fingerprint density at radius 2 is 1.54 bits per heavy atom. The molecule has 1 aromatic heterocycles. The first-order valence-electron chi connectivity index (χ1n) is 11.4. The van der Waals surface area contributed by atoms with E-state index in [0.29, 0.717) is 24.2 Å². The molecule has 1 unspecified atom stereocenters. The summed E-state index contributed by atoms with van der Waals surface area (Å²) in [6.45, 7) is 1.37. The highest BCUT2D eigenvalue weighted by Crippen LogP contribution is 2.30. The Balaban J connectivity index is 1.58. The fraction of sp³-hybridized carbons (Fsp3) is 0.259. The van der Waals surface area contributed by atoms with Crippen LogP contribution in [-0.2, 0) is 16.1 Å². The zero-order valence-electron chi connectivity index (χ0n) is 19.7. The van der Waals surface area contributed by atoms with Gasteiger partial charge in [-0.1, -0.05) is 24.3 Å². The van der Waals surface area contributed by atoms with Crippen molar-refractivity contribution in [1.29, 1.82) is 0 Å². The summed E-state index contributed by atoms with van der Waals surface area (Å²) in [5.74, 6) is -1.95. The first-order valence-corrected chi connectivity index (χ1v) is 11.4. The Hall–Kier alpha value is -3.78. The van der Waals surface area contributed by atoms with Crippen molar-refractivity contribution in [3.05, 3.63) is 83.4 Å². The van der Waals surface area contributed by atoms with Gasteiger partial charge in [0, 0.05) is 47.9 Å². The fourth-order valence-corrected chi connectivity index (χ4v) is 4.07. The van der Waals surface area contributed by atoms with Crippen molar-refractivity contribution in [2.24, 2.45) is 0 Å². The second kappa shape index (κ2) is 10.7. The molecule has 0 radical (unpaired) electrons. The smallest absolute Gasteiger partial charge is 0.228 e. The average molecular weight is 479 g/mol. The van der Waals surface area contributed by atoms with Crippen LogP contribution in [-0.4, -0.2) is 48.9 Å². The second-order valence-corrected chi connectivity index (χ2v) is 8.87. The van der Waals surface area contributed by atoms with Gasteiger partial charge in [-0.15, -0.1) is 0 Å². The van der Waals surface area contributed by atoms with Gasteiger partial charge in [0.1, 0.15) is 11.6 Å². The molecule has 0 fully saturated rings. The Morgan fingerprint density at radius 1 is 0.886 bits per heavy atom. The van der Waals surface area contributed by atoms with E-state index in [1.54, 1.807) is 18.2 Å². The fourth-order valence-electron chi connectivity index (χ4n) is 4.07. The summed E-state index contributed by atoms with van der Waals surface area (Å²) in [4.78, 5) is 31.0. The Bertz CT molecular complexity index is 1350. The summed E-state index contributed by atoms with van der Waals surface area (Å²) < 4.78 is 26.9. The van der Waals surface area contributed by atoms with Gasteiger partial charge in [-0.25, -0.2) is 8.78 Å². The van der Waals surface area contributed by atoms with E-state index in [4.69, 9.17) is 0 Å². The van der Waals surface area contributed by atoms with Crippen LogP contribution < -0.4 is 10.6 Å². The van der Waals surface area contributed by atoms with E-state index in [9.17, 15) is 18.4 Å². The molecule has 3 aromatic carbocycles. The number of nitrogens with zero attached hydrogens (tertiary/aromatic N) is 1. The van der Waals surface area contributed by atoms with Crippen LogP contribution in [0.3, 0.4) is 0 Å². The normalized spacial score (nSPS) is 12.3. The van der Waals surface area contributed by atoms with E-state index in [1.165, 1.54) is 24.3 Å². The highest BCUT2D eigenvalue weighted by atomic mass is 19.1. The van der Waals surface area contributed by atoms with Crippen LogP contribution in [0.15, 0.2) is 60.7 Å². The van der Waals surface area contributed by atoms with E-state index >= 15 is 0 Å². The molecular formula is C27H28F2N4O2. The maximum Gasteiger partial charge on any atom is 0.228 e. The second-order valence-electron chi connectivity index (χ2n) is 8.87. The first-order chi connectivity index (χ1) is 16.8. The SMILES string of the molecule is CN(C)CCNC(=O)CC(C(=O)NCc1ccc(F)cc1)c1ccc2c(c1)[nH]c1cc(F)ccc12. The maximum absolute atomic E-state index is 13.7. The first kappa shape index (κ1) is 24.3. The molecule has 3 N–H and O–H groups in total. The van der Waals surface area contributed by atoms with Crippen LogP contribution in [0.25, 0.3) is 21.8 Å². The predicted octanol–water partition coefficient (Wildman–Crippen LogP) is 4.07. The van der Waals surface area contributed by atoms with Gasteiger partial charge in [0.05, 0.1) is 5.92 Å². The lowest BCUT2D eigenvalue weighted by Crippen LogP contribution is -2.35. The molecule has 4 rings (SSSR count). The molecule has 0 saturated heterocycles. The number of nitrogens with one attached hydrogen (secondary N) is 3. The summed E-state index contributed by atoms with van der Waals surface area (Å²) in [5, 5.41) is 7.52. The molecule has 0 saturated carbocycles. The molecule has 0 bridgehead atoms. The topological polar surface area (TPSA) is 77.2 Å². The van der Waals surface area contributed by atoms with Gasteiger partial charge >= 0.3 is 0 Å². The van der Waals surface area contributed by atoms with E-state index in [-0.39, 0.29) is 36.4 Å². The third-order valence-corrected chi connectivity index (χ3v) is 5.95. The standard InChI is InChI=1S/C27H28F2N4O2/c1-33(2)12-11-30-26(34)15-23(27(35)31-16-17-3-6-19(28)7-4-17)18-5-9-21-22-10-8-20(29)14-25(22)32-24(21)13-18/h3-10,13-14,23,32H,11-12,15-16H2,1-2H3,(H,30,34)(H,31,35). The minimum absolute atomic E-state index is 0.0248. The Kier molecular flexibility index (Phi) is 7.41. The lowest BCUT2D eigenvalue weighted by atomic mass is 9.93. The van der Waals surface area contributed by atoms with E-state index in [0.717, 1.165) is 21.9 Å². The molecule has 0 aliphatic carbocycles. The number of hydrogen-bond donors (Lipinski definition) is 3. The van der Waals surface area contributed by atoms with Gasteiger partial charge in [0.15, 0.2) is 0 Å². The number of benzene rings is 3. The number of aromatic amines is 1. The van der Waals surface area contributed by atoms with Crippen LogP contribution in [0.5, 0.6) is 0 Å². The van der Waals surface area contributed by atoms with Crippen molar-refractivity contribution in [3.63, 3.8) is 0 Å². The lowest BCUT2D eigenvalue weighted by Gasteiger charge is -2.18. The van der Waals surface area contributed by atoms with Gasteiger partial charge < -0.3 is 20.5 Å². The van der Waals surface area contributed by atoms with Crippen molar-refractivity contribution in [2.45, 2.75) is 18.9 Å². The number of fused-ring (bicyclic) bond motifs is 3. The highest BCUT2D eigenvalue weighted by molar-refractivity contribution is 6.07. The number of H-pyrrole nitrogens is 1. The molecule has 0 spiro atoms. The average Bonchev–Trinajstić information content (AvgIpc) is 3.18. The van der Waals surface area contributed by atoms with Crippen molar-refractivity contribution in [3.8, 4) is 0 Å². The molecule has 1 heterocycles. The van der Waals surface area contributed by atoms with Gasteiger partial charge in [-0.2, -0.15) is 0 Å². The van der Waals surface area contributed by atoms with Crippen LogP contribution in [0.1, 0.15) is 23.5 Å². The molecule has 35 heavy (non-hydrogen) atoms. The highest BCUT2D eigenvalue weighted by Gasteiger charge is 2.24. The molecule has 4 aromatic rings. The number of halogens is 2. The van der Waals surface area contributed by atoms with Gasteiger partial charge in [-0.3, -0.25) is 9.59 Å². The minimum atomic E-state index is -0.734. The maximum atomic E-state index is 13.7. The molecule has 182 valence electrons. The van der Waals surface area contributed by atoms with Crippen molar-refractivity contribution in [1.82, 2.24) is 20.5 Å². The van der Waals surface area contributed by atoms with Gasteiger partial charge in [-0.05, 0) is 61.6 Å². The number of carbonyl (C=O) groups excluding carboxylic acids is 2. The summed E-state index contributed by atoms with van der Waals surface area (Å²) in [6.07, 6.45) is -0.0248. The monoisotopic (exact) mass is 478 g/mol. The third kappa shape index (κ3) is 6.02.